The monoisotopic (exact) mass is 335 g/mol. The molecule has 1 atom stereocenters. The molecule has 0 aliphatic rings. The van der Waals surface area contributed by atoms with Crippen molar-refractivity contribution in [1.82, 2.24) is 10.0 Å². The minimum absolute atomic E-state index is 0.230. The Morgan fingerprint density at radius 3 is 2.59 bits per heavy atom. The Morgan fingerprint density at radius 1 is 1.41 bits per heavy atom. The van der Waals surface area contributed by atoms with Crippen LogP contribution in [-0.4, -0.2) is 43.8 Å². The zero-order valence-electron chi connectivity index (χ0n) is 11.2. The first kappa shape index (κ1) is 17.8. The van der Waals surface area contributed by atoms with E-state index < -0.39 is 50.9 Å². The van der Waals surface area contributed by atoms with Crippen molar-refractivity contribution < 1.29 is 27.6 Å². The number of nitro groups is 1. The van der Waals surface area contributed by atoms with Crippen LogP contribution >= 0.6 is 0 Å². The molecule has 0 radical (unpaired) electrons. The first-order chi connectivity index (χ1) is 10.3. The fourth-order valence-electron chi connectivity index (χ4n) is 1.65. The Morgan fingerprint density at radius 2 is 2.05 bits per heavy atom. The molecule has 11 heteroatoms. The molecule has 0 aliphatic heterocycles. The number of halogens is 1. The molecule has 0 saturated heterocycles. The van der Waals surface area contributed by atoms with E-state index in [0.717, 1.165) is 12.1 Å². The predicted molar refractivity (Wildman–Crippen MR) is 73.8 cm³/mol. The minimum Gasteiger partial charge on any atom is -0.465 e. The number of alkyl halides is 1. The molecular formula is C11H14FN3O6S. The van der Waals surface area contributed by atoms with Crippen LogP contribution in [0.15, 0.2) is 29.2 Å². The third kappa shape index (κ3) is 4.93. The molecule has 0 fully saturated rings. The molecule has 0 spiro atoms. The molecule has 1 rings (SSSR count). The van der Waals surface area contributed by atoms with Gasteiger partial charge >= 0.3 is 6.09 Å². The summed E-state index contributed by atoms with van der Waals surface area (Å²) in [6, 6.07) is 3.73. The van der Waals surface area contributed by atoms with Crippen molar-refractivity contribution in [2.24, 2.45) is 0 Å². The number of nitro benzene ring substituents is 1. The fourth-order valence-corrected chi connectivity index (χ4v) is 2.91. The number of rotatable bonds is 8. The van der Waals surface area contributed by atoms with E-state index in [1.807, 2.05) is 10.0 Å². The second kappa shape index (κ2) is 7.66. The first-order valence-electron chi connectivity index (χ1n) is 6.06. The number of amides is 1. The van der Waals surface area contributed by atoms with Crippen molar-refractivity contribution in [3.8, 4) is 0 Å². The van der Waals surface area contributed by atoms with E-state index in [0.29, 0.717) is 0 Å². The molecular weight excluding hydrogens is 321 g/mol. The standard InChI is InChI=1S/C11H14FN3O6S/c12-6-5-8(14-11(16)17)7-13-22(20,21)10-4-2-1-3-9(10)15(18)19/h1-4,8,13-14H,5-7H2,(H,16,17). The highest BCUT2D eigenvalue weighted by molar-refractivity contribution is 7.89. The van der Waals surface area contributed by atoms with Crippen molar-refractivity contribution in [1.29, 1.82) is 0 Å². The van der Waals surface area contributed by atoms with Crippen LogP contribution < -0.4 is 10.0 Å². The molecule has 1 aromatic rings. The van der Waals surface area contributed by atoms with Crippen molar-refractivity contribution in [2.75, 3.05) is 13.2 Å². The second-order valence-corrected chi connectivity index (χ2v) is 5.94. The lowest BCUT2D eigenvalue weighted by atomic mass is 10.2. The lowest BCUT2D eigenvalue weighted by Gasteiger charge is -2.16. The number of nitrogens with zero attached hydrogens (tertiary/aromatic N) is 1. The number of carboxylic acid groups (broad SMARTS) is 1. The molecule has 122 valence electrons. The molecule has 1 amide bonds. The topological polar surface area (TPSA) is 139 Å². The largest absolute Gasteiger partial charge is 0.465 e. The van der Waals surface area contributed by atoms with Gasteiger partial charge in [-0.05, 0) is 12.5 Å². The molecule has 22 heavy (non-hydrogen) atoms. The Labute approximate surface area is 125 Å². The van der Waals surface area contributed by atoms with Gasteiger partial charge < -0.3 is 10.4 Å². The summed E-state index contributed by atoms with van der Waals surface area (Å²) in [7, 11) is -4.23. The van der Waals surface area contributed by atoms with Gasteiger partial charge in [0.15, 0.2) is 4.90 Å². The SMILES string of the molecule is O=C(O)NC(CCF)CNS(=O)(=O)c1ccccc1[N+](=O)[O-]. The summed E-state index contributed by atoms with van der Waals surface area (Å²) < 4.78 is 38.5. The maximum atomic E-state index is 12.3. The Balaban J connectivity index is 2.91. The third-order valence-corrected chi connectivity index (χ3v) is 4.13. The number of hydrogen-bond acceptors (Lipinski definition) is 5. The maximum Gasteiger partial charge on any atom is 0.404 e. The van der Waals surface area contributed by atoms with Crippen LogP contribution in [0, 0.1) is 10.1 Å². The van der Waals surface area contributed by atoms with Crippen molar-refractivity contribution in [3.05, 3.63) is 34.4 Å². The van der Waals surface area contributed by atoms with Crippen LogP contribution in [0.25, 0.3) is 0 Å². The summed E-state index contributed by atoms with van der Waals surface area (Å²) in [5.74, 6) is 0. The number of benzene rings is 1. The Hall–Kier alpha value is -2.27. The molecule has 9 nitrogen and oxygen atoms in total. The molecule has 1 unspecified atom stereocenters. The number of carbonyl (C=O) groups is 1. The third-order valence-electron chi connectivity index (χ3n) is 2.66. The zero-order valence-corrected chi connectivity index (χ0v) is 12.0. The van der Waals surface area contributed by atoms with Crippen LogP contribution in [0.2, 0.25) is 0 Å². The molecule has 0 saturated carbocycles. The molecule has 3 N–H and O–H groups in total. The summed E-state index contributed by atoms with van der Waals surface area (Å²) in [6.07, 6.45) is -1.66. The average Bonchev–Trinajstić information content (AvgIpc) is 2.44. The van der Waals surface area contributed by atoms with Gasteiger partial charge in [-0.3, -0.25) is 14.5 Å². The van der Waals surface area contributed by atoms with E-state index in [2.05, 4.69) is 0 Å². The van der Waals surface area contributed by atoms with E-state index in [4.69, 9.17) is 5.11 Å². The highest BCUT2D eigenvalue weighted by Gasteiger charge is 2.26. The van der Waals surface area contributed by atoms with Crippen molar-refractivity contribution in [3.63, 3.8) is 0 Å². The summed E-state index contributed by atoms with van der Waals surface area (Å²) in [5.41, 5.74) is -0.608. The molecule has 0 aliphatic carbocycles. The van der Waals surface area contributed by atoms with Crippen LogP contribution in [0.3, 0.4) is 0 Å². The van der Waals surface area contributed by atoms with Crippen LogP contribution in [-0.2, 0) is 10.0 Å². The lowest BCUT2D eigenvalue weighted by molar-refractivity contribution is -0.387. The lowest BCUT2D eigenvalue weighted by Crippen LogP contribution is -2.43. The van der Waals surface area contributed by atoms with Crippen LogP contribution in [0.4, 0.5) is 14.9 Å². The second-order valence-electron chi connectivity index (χ2n) is 4.20. The van der Waals surface area contributed by atoms with E-state index in [1.165, 1.54) is 12.1 Å². The molecule has 0 heterocycles. The number of para-hydroxylation sites is 1. The van der Waals surface area contributed by atoms with Gasteiger partial charge in [0.1, 0.15) is 0 Å². The smallest absolute Gasteiger partial charge is 0.404 e. The molecule has 1 aromatic carbocycles. The summed E-state index contributed by atoms with van der Waals surface area (Å²) in [4.78, 5) is 20.0. The van der Waals surface area contributed by atoms with Gasteiger partial charge in [-0.1, -0.05) is 12.1 Å². The Bertz CT molecular complexity index is 651. The Kier molecular flexibility index (Phi) is 6.19. The fraction of sp³-hybridized carbons (Fsp3) is 0.364. The van der Waals surface area contributed by atoms with Gasteiger partial charge in [0.2, 0.25) is 10.0 Å². The average molecular weight is 335 g/mol. The number of nitrogens with one attached hydrogen (secondary N) is 2. The zero-order chi connectivity index (χ0) is 16.8. The summed E-state index contributed by atoms with van der Waals surface area (Å²) in [5, 5.41) is 21.4. The van der Waals surface area contributed by atoms with E-state index in [1.54, 1.807) is 0 Å². The van der Waals surface area contributed by atoms with Crippen LogP contribution in [0.5, 0.6) is 0 Å². The van der Waals surface area contributed by atoms with Gasteiger partial charge in [0.05, 0.1) is 11.6 Å². The summed E-state index contributed by atoms with van der Waals surface area (Å²) >= 11 is 0. The van der Waals surface area contributed by atoms with Gasteiger partial charge in [0.25, 0.3) is 5.69 Å². The minimum atomic E-state index is -4.23. The maximum absolute atomic E-state index is 12.3. The normalized spacial score (nSPS) is 12.6. The van der Waals surface area contributed by atoms with E-state index in [9.17, 15) is 27.7 Å². The highest BCUT2D eigenvalue weighted by Crippen LogP contribution is 2.22. The molecule has 0 aromatic heterocycles. The number of sulfonamides is 1. The van der Waals surface area contributed by atoms with Crippen molar-refractivity contribution >= 4 is 21.8 Å². The number of hydrogen-bond donors (Lipinski definition) is 3. The first-order valence-corrected chi connectivity index (χ1v) is 7.54. The predicted octanol–water partition coefficient (Wildman–Crippen LogP) is 0.869. The van der Waals surface area contributed by atoms with Gasteiger partial charge in [0, 0.05) is 18.7 Å². The van der Waals surface area contributed by atoms with Gasteiger partial charge in [-0.2, -0.15) is 0 Å². The highest BCUT2D eigenvalue weighted by atomic mass is 32.2. The summed E-state index contributed by atoms with van der Waals surface area (Å²) in [6.45, 7) is -1.28. The van der Waals surface area contributed by atoms with E-state index >= 15 is 0 Å². The van der Waals surface area contributed by atoms with Crippen LogP contribution in [0.1, 0.15) is 6.42 Å². The van der Waals surface area contributed by atoms with Gasteiger partial charge in [-0.15, -0.1) is 0 Å². The molecule has 0 bridgehead atoms. The van der Waals surface area contributed by atoms with Crippen molar-refractivity contribution in [2.45, 2.75) is 17.4 Å². The van der Waals surface area contributed by atoms with E-state index in [-0.39, 0.29) is 6.42 Å². The quantitative estimate of drug-likeness (QED) is 0.476. The van der Waals surface area contributed by atoms with Gasteiger partial charge in [-0.25, -0.2) is 17.9 Å².